The van der Waals surface area contributed by atoms with E-state index in [0.29, 0.717) is 11.6 Å². The van der Waals surface area contributed by atoms with Gasteiger partial charge in [-0.3, -0.25) is 9.59 Å². The molecule has 0 radical (unpaired) electrons. The van der Waals surface area contributed by atoms with Gasteiger partial charge in [-0.1, -0.05) is 18.2 Å². The maximum Gasteiger partial charge on any atom is 0.329 e. The molecule has 0 bridgehead atoms. The topological polar surface area (TPSA) is 93.2 Å². The standard InChI is InChI=1S/C24H27N3O4/c1-14-10-20(15(2)27(14)18-8-9-18)23(29)13-31-24(30)22(26-16(3)28)11-17-12-25-21-7-5-4-6-19(17)21/h4-7,10,12,18,22,25H,8-9,11,13H2,1-3H3,(H,26,28)/t22-/m0/s1. The molecule has 1 aliphatic rings. The summed E-state index contributed by atoms with van der Waals surface area (Å²) >= 11 is 0. The molecule has 2 heterocycles. The van der Waals surface area contributed by atoms with Crippen molar-refractivity contribution in [2.75, 3.05) is 6.61 Å². The Labute approximate surface area is 180 Å². The number of carbonyl (C=O) groups excluding carboxylic acids is 3. The van der Waals surface area contributed by atoms with Gasteiger partial charge in [0.05, 0.1) is 0 Å². The summed E-state index contributed by atoms with van der Waals surface area (Å²) in [6.07, 6.45) is 4.36. The van der Waals surface area contributed by atoms with Crippen molar-refractivity contribution in [3.63, 3.8) is 0 Å². The van der Waals surface area contributed by atoms with Crippen molar-refractivity contribution in [2.24, 2.45) is 0 Å². The van der Waals surface area contributed by atoms with E-state index in [1.807, 2.05) is 50.4 Å². The number of nitrogens with one attached hydrogen (secondary N) is 2. The monoisotopic (exact) mass is 421 g/mol. The molecule has 0 saturated heterocycles. The number of esters is 1. The van der Waals surface area contributed by atoms with Crippen LogP contribution in [0.2, 0.25) is 0 Å². The number of ketones is 1. The van der Waals surface area contributed by atoms with Crippen molar-refractivity contribution in [3.8, 4) is 0 Å². The second kappa shape index (κ2) is 8.41. The number of Topliss-reactive ketones (excluding diaryl/α,β-unsaturated/α-hetero) is 1. The summed E-state index contributed by atoms with van der Waals surface area (Å²) in [4.78, 5) is 40.3. The summed E-state index contributed by atoms with van der Waals surface area (Å²) in [6, 6.07) is 9.21. The van der Waals surface area contributed by atoms with E-state index in [1.165, 1.54) is 6.92 Å². The highest BCUT2D eigenvalue weighted by Crippen LogP contribution is 2.38. The van der Waals surface area contributed by atoms with Gasteiger partial charge in [-0.05, 0) is 44.4 Å². The lowest BCUT2D eigenvalue weighted by molar-refractivity contribution is -0.146. The lowest BCUT2D eigenvalue weighted by Gasteiger charge is -2.16. The van der Waals surface area contributed by atoms with E-state index in [4.69, 9.17) is 4.74 Å². The van der Waals surface area contributed by atoms with Gasteiger partial charge in [0, 0.05) is 53.4 Å². The number of aromatic nitrogens is 2. The van der Waals surface area contributed by atoms with Crippen molar-refractivity contribution in [3.05, 3.63) is 59.0 Å². The number of para-hydroxylation sites is 1. The van der Waals surface area contributed by atoms with Gasteiger partial charge in [0.2, 0.25) is 11.7 Å². The number of fused-ring (bicyclic) bond motifs is 1. The van der Waals surface area contributed by atoms with E-state index < -0.39 is 12.0 Å². The van der Waals surface area contributed by atoms with Gasteiger partial charge in [-0.15, -0.1) is 0 Å². The van der Waals surface area contributed by atoms with Crippen molar-refractivity contribution in [1.82, 2.24) is 14.9 Å². The first kappa shape index (κ1) is 20.9. The summed E-state index contributed by atoms with van der Waals surface area (Å²) in [7, 11) is 0. The van der Waals surface area contributed by atoms with Crippen LogP contribution in [0.15, 0.2) is 36.5 Å². The molecule has 1 saturated carbocycles. The number of aromatic amines is 1. The van der Waals surface area contributed by atoms with Gasteiger partial charge in [-0.25, -0.2) is 4.79 Å². The van der Waals surface area contributed by atoms with Gasteiger partial charge in [0.25, 0.3) is 0 Å². The Balaban J connectivity index is 1.45. The van der Waals surface area contributed by atoms with Crippen LogP contribution in [0.4, 0.5) is 0 Å². The Morgan fingerprint density at radius 2 is 1.97 bits per heavy atom. The van der Waals surface area contributed by atoms with Gasteiger partial charge in [-0.2, -0.15) is 0 Å². The molecule has 1 aliphatic carbocycles. The van der Waals surface area contributed by atoms with Gasteiger partial charge >= 0.3 is 5.97 Å². The average Bonchev–Trinajstić information content (AvgIpc) is 3.41. The quantitative estimate of drug-likeness (QED) is 0.431. The minimum atomic E-state index is -0.872. The fourth-order valence-corrected chi connectivity index (χ4v) is 4.23. The number of amides is 1. The van der Waals surface area contributed by atoms with Crippen LogP contribution in [0.3, 0.4) is 0 Å². The molecule has 1 atom stereocenters. The summed E-state index contributed by atoms with van der Waals surface area (Å²) in [5, 5.41) is 3.63. The van der Waals surface area contributed by atoms with Gasteiger partial charge in [0.15, 0.2) is 6.61 Å². The number of hydrogen-bond donors (Lipinski definition) is 2. The lowest BCUT2D eigenvalue weighted by atomic mass is 10.0. The van der Waals surface area contributed by atoms with Crippen molar-refractivity contribution in [1.29, 1.82) is 0 Å². The number of nitrogens with zero attached hydrogens (tertiary/aromatic N) is 1. The van der Waals surface area contributed by atoms with E-state index in [1.54, 1.807) is 0 Å². The van der Waals surface area contributed by atoms with E-state index in [-0.39, 0.29) is 24.7 Å². The van der Waals surface area contributed by atoms with Gasteiger partial charge < -0.3 is 19.6 Å². The van der Waals surface area contributed by atoms with Gasteiger partial charge in [0.1, 0.15) is 6.04 Å². The highest BCUT2D eigenvalue weighted by Gasteiger charge is 2.29. The smallest absolute Gasteiger partial charge is 0.329 e. The second-order valence-electron chi connectivity index (χ2n) is 8.23. The maximum absolute atomic E-state index is 12.7. The molecule has 1 aromatic carbocycles. The molecule has 2 N–H and O–H groups in total. The van der Waals surface area contributed by atoms with E-state index >= 15 is 0 Å². The number of ether oxygens (including phenoxy) is 1. The number of benzene rings is 1. The maximum atomic E-state index is 12.7. The van der Waals surface area contributed by atoms with E-state index in [0.717, 1.165) is 40.7 Å². The zero-order chi connectivity index (χ0) is 22.1. The summed E-state index contributed by atoms with van der Waals surface area (Å²) in [5.41, 5.74) is 4.40. The number of carbonyl (C=O) groups is 3. The molecule has 7 heteroatoms. The molecule has 0 unspecified atom stereocenters. The molecule has 7 nitrogen and oxygen atoms in total. The highest BCUT2D eigenvalue weighted by molar-refractivity contribution is 5.99. The van der Waals surface area contributed by atoms with E-state index in [2.05, 4.69) is 14.9 Å². The third kappa shape index (κ3) is 4.40. The number of rotatable bonds is 8. The van der Waals surface area contributed by atoms with Crippen LogP contribution in [-0.2, 0) is 20.7 Å². The molecule has 31 heavy (non-hydrogen) atoms. The molecule has 0 spiro atoms. The molecule has 0 aliphatic heterocycles. The fourth-order valence-electron chi connectivity index (χ4n) is 4.23. The largest absolute Gasteiger partial charge is 0.456 e. The minimum Gasteiger partial charge on any atom is -0.456 e. The van der Waals surface area contributed by atoms with Crippen LogP contribution in [0.5, 0.6) is 0 Å². The average molecular weight is 421 g/mol. The predicted octanol–water partition coefficient (Wildman–Crippen LogP) is 3.39. The molecule has 1 fully saturated rings. The Morgan fingerprint density at radius 1 is 1.23 bits per heavy atom. The third-order valence-electron chi connectivity index (χ3n) is 5.80. The fraction of sp³-hybridized carbons (Fsp3) is 0.375. The molecule has 1 amide bonds. The minimum absolute atomic E-state index is 0.234. The first-order valence-corrected chi connectivity index (χ1v) is 10.6. The molecule has 4 rings (SSSR count). The molecule has 3 aromatic rings. The summed E-state index contributed by atoms with van der Waals surface area (Å²) < 4.78 is 7.53. The summed E-state index contributed by atoms with van der Waals surface area (Å²) in [6.45, 7) is 4.92. The Bertz CT molecular complexity index is 1150. The Kier molecular flexibility index (Phi) is 5.67. The lowest BCUT2D eigenvalue weighted by Crippen LogP contribution is -2.42. The van der Waals surface area contributed by atoms with Crippen molar-refractivity contribution in [2.45, 2.75) is 52.1 Å². The molecular weight excluding hydrogens is 394 g/mol. The summed E-state index contributed by atoms with van der Waals surface area (Å²) in [5.74, 6) is -1.19. The predicted molar refractivity (Wildman–Crippen MR) is 117 cm³/mol. The van der Waals surface area contributed by atoms with E-state index in [9.17, 15) is 14.4 Å². The second-order valence-corrected chi connectivity index (χ2v) is 8.23. The number of H-pyrrole nitrogens is 1. The zero-order valence-corrected chi connectivity index (χ0v) is 18.0. The van der Waals surface area contributed by atoms with Crippen LogP contribution in [0, 0.1) is 13.8 Å². The van der Waals surface area contributed by atoms with Crippen LogP contribution in [-0.4, -0.2) is 39.9 Å². The number of hydrogen-bond acceptors (Lipinski definition) is 4. The van der Waals surface area contributed by atoms with Crippen LogP contribution >= 0.6 is 0 Å². The Hall–Kier alpha value is -3.35. The molecular formula is C24H27N3O4. The zero-order valence-electron chi connectivity index (χ0n) is 18.0. The van der Waals surface area contributed by atoms with Crippen molar-refractivity contribution < 1.29 is 19.1 Å². The highest BCUT2D eigenvalue weighted by atomic mass is 16.5. The first-order valence-electron chi connectivity index (χ1n) is 10.6. The molecule has 162 valence electrons. The van der Waals surface area contributed by atoms with Crippen LogP contribution in [0.25, 0.3) is 10.9 Å². The molecule has 2 aromatic heterocycles. The Morgan fingerprint density at radius 3 is 2.68 bits per heavy atom. The van der Waals surface area contributed by atoms with Crippen LogP contribution in [0.1, 0.15) is 53.1 Å². The first-order chi connectivity index (χ1) is 14.8. The van der Waals surface area contributed by atoms with Crippen LogP contribution < -0.4 is 5.32 Å². The third-order valence-corrected chi connectivity index (χ3v) is 5.80. The SMILES string of the molecule is CC(=O)N[C@@H](Cc1c[nH]c2ccccc12)C(=O)OCC(=O)c1cc(C)n(C2CC2)c1C. The normalized spacial score (nSPS) is 14.4. The number of aryl methyl sites for hydroxylation is 1. The van der Waals surface area contributed by atoms with Crippen molar-refractivity contribution >= 4 is 28.6 Å².